The smallest absolute Gasteiger partial charge is 0.269 e. The summed E-state index contributed by atoms with van der Waals surface area (Å²) in [5, 5.41) is 33.9. The van der Waals surface area contributed by atoms with Crippen LogP contribution in [-0.4, -0.2) is 34.9 Å². The highest BCUT2D eigenvalue weighted by molar-refractivity contribution is 5.37. The summed E-state index contributed by atoms with van der Waals surface area (Å²) >= 11 is 0. The quantitative estimate of drug-likeness (QED) is 0.499. The third-order valence-corrected chi connectivity index (χ3v) is 4.01. The molecule has 2 atom stereocenters. The summed E-state index contributed by atoms with van der Waals surface area (Å²) in [5.74, 6) is 0.722. The van der Waals surface area contributed by atoms with Crippen molar-refractivity contribution in [3.8, 4) is 5.75 Å². The van der Waals surface area contributed by atoms with Crippen LogP contribution in [0.2, 0.25) is 0 Å². The van der Waals surface area contributed by atoms with Gasteiger partial charge in [-0.25, -0.2) is 0 Å². The number of aliphatic hydroxyl groups is 2. The maximum Gasteiger partial charge on any atom is 0.269 e. The molecule has 0 aliphatic heterocycles. The predicted molar refractivity (Wildman–Crippen MR) is 93.5 cm³/mol. The van der Waals surface area contributed by atoms with E-state index in [2.05, 4.69) is 5.32 Å². The van der Waals surface area contributed by atoms with Crippen LogP contribution in [0.1, 0.15) is 22.8 Å². The molecule has 0 saturated heterocycles. The highest BCUT2D eigenvalue weighted by Gasteiger charge is 2.21. The number of ether oxygens (including phenoxy) is 1. The minimum Gasteiger partial charge on any atom is -0.496 e. The number of hydrogen-bond acceptors (Lipinski definition) is 6. The Bertz CT molecular complexity index is 718. The van der Waals surface area contributed by atoms with Crippen molar-refractivity contribution in [2.75, 3.05) is 13.7 Å². The number of methoxy groups -OCH3 is 1. The van der Waals surface area contributed by atoms with Crippen molar-refractivity contribution in [2.45, 2.75) is 25.6 Å². The van der Waals surface area contributed by atoms with E-state index in [-0.39, 0.29) is 12.3 Å². The van der Waals surface area contributed by atoms with E-state index < -0.39 is 17.1 Å². The fourth-order valence-electron chi connectivity index (χ4n) is 2.59. The van der Waals surface area contributed by atoms with Gasteiger partial charge in [-0.05, 0) is 30.7 Å². The average Bonchev–Trinajstić information content (AvgIpc) is 2.62. The molecule has 2 rings (SSSR count). The fraction of sp³-hybridized carbons (Fsp3) is 0.333. The molecule has 7 heteroatoms. The normalized spacial score (nSPS) is 13.3. The lowest BCUT2D eigenvalue weighted by molar-refractivity contribution is -0.384. The van der Waals surface area contributed by atoms with Gasteiger partial charge in [0.05, 0.1) is 30.8 Å². The Balaban J connectivity index is 2.09. The monoisotopic (exact) mass is 346 g/mol. The number of aryl methyl sites for hydroxylation is 1. The molecular formula is C18H22N2O5. The first-order valence-electron chi connectivity index (χ1n) is 7.86. The van der Waals surface area contributed by atoms with E-state index in [1.54, 1.807) is 7.11 Å². The van der Waals surface area contributed by atoms with Crippen molar-refractivity contribution in [1.82, 2.24) is 5.32 Å². The van der Waals surface area contributed by atoms with Crippen LogP contribution >= 0.6 is 0 Å². The molecule has 0 aromatic heterocycles. The van der Waals surface area contributed by atoms with E-state index in [0.717, 1.165) is 16.9 Å². The number of nitro benzene ring substituents is 1. The summed E-state index contributed by atoms with van der Waals surface area (Å²) < 4.78 is 5.32. The molecule has 0 bridgehead atoms. The van der Waals surface area contributed by atoms with Gasteiger partial charge >= 0.3 is 0 Å². The second-order valence-corrected chi connectivity index (χ2v) is 5.78. The molecule has 0 aliphatic rings. The van der Waals surface area contributed by atoms with Gasteiger partial charge < -0.3 is 20.3 Å². The summed E-state index contributed by atoms with van der Waals surface area (Å²) in [6.07, 6.45) is -0.999. The van der Waals surface area contributed by atoms with Crippen molar-refractivity contribution in [1.29, 1.82) is 0 Å². The molecule has 0 amide bonds. The van der Waals surface area contributed by atoms with Crippen LogP contribution in [0.5, 0.6) is 5.75 Å². The highest BCUT2D eigenvalue weighted by Crippen LogP contribution is 2.23. The van der Waals surface area contributed by atoms with E-state index in [1.807, 2.05) is 25.1 Å². The predicted octanol–water partition coefficient (Wildman–Crippen LogP) is 2.10. The fourth-order valence-corrected chi connectivity index (χ4v) is 2.59. The van der Waals surface area contributed by atoms with Crippen LogP contribution in [-0.2, 0) is 6.54 Å². The van der Waals surface area contributed by atoms with E-state index in [0.29, 0.717) is 12.1 Å². The van der Waals surface area contributed by atoms with Gasteiger partial charge in [0.25, 0.3) is 5.69 Å². The van der Waals surface area contributed by atoms with Crippen molar-refractivity contribution in [3.05, 3.63) is 69.3 Å². The van der Waals surface area contributed by atoms with Crippen molar-refractivity contribution in [3.63, 3.8) is 0 Å². The lowest BCUT2D eigenvalue weighted by Crippen LogP contribution is -2.37. The Kier molecular flexibility index (Phi) is 6.46. The second kappa shape index (κ2) is 8.57. The van der Waals surface area contributed by atoms with Crippen LogP contribution < -0.4 is 10.1 Å². The second-order valence-electron chi connectivity index (χ2n) is 5.78. The number of aliphatic hydroxyl groups excluding tert-OH is 2. The van der Waals surface area contributed by atoms with Gasteiger partial charge in [-0.3, -0.25) is 10.1 Å². The van der Waals surface area contributed by atoms with Crippen molar-refractivity contribution in [2.24, 2.45) is 0 Å². The minimum absolute atomic E-state index is 0.0473. The van der Waals surface area contributed by atoms with Crippen molar-refractivity contribution >= 4 is 5.69 Å². The van der Waals surface area contributed by atoms with Gasteiger partial charge in [0, 0.05) is 24.2 Å². The van der Waals surface area contributed by atoms with Crippen LogP contribution in [0.25, 0.3) is 0 Å². The lowest BCUT2D eigenvalue weighted by atomic mass is 10.0. The molecule has 134 valence electrons. The molecule has 0 spiro atoms. The SMILES string of the molecule is COc1ccc(C)cc1CN[C@H](CO)[C@@H](O)c1ccc([N+](=O)[O-])cc1. The van der Waals surface area contributed by atoms with Gasteiger partial charge in [-0.2, -0.15) is 0 Å². The van der Waals surface area contributed by atoms with Gasteiger partial charge in [-0.15, -0.1) is 0 Å². The Labute approximate surface area is 146 Å². The van der Waals surface area contributed by atoms with E-state index in [4.69, 9.17) is 4.74 Å². The maximum absolute atomic E-state index is 10.7. The largest absolute Gasteiger partial charge is 0.496 e. The number of nitrogens with one attached hydrogen (secondary N) is 1. The maximum atomic E-state index is 10.7. The molecule has 25 heavy (non-hydrogen) atoms. The number of nitrogens with zero attached hydrogens (tertiary/aromatic N) is 1. The minimum atomic E-state index is -0.999. The Morgan fingerprint density at radius 1 is 1.24 bits per heavy atom. The molecule has 0 saturated carbocycles. The zero-order valence-corrected chi connectivity index (χ0v) is 14.2. The first-order chi connectivity index (χ1) is 12.0. The van der Waals surface area contributed by atoms with Crippen LogP contribution in [0.3, 0.4) is 0 Å². The Morgan fingerprint density at radius 2 is 1.92 bits per heavy atom. The third kappa shape index (κ3) is 4.76. The molecule has 0 unspecified atom stereocenters. The van der Waals surface area contributed by atoms with E-state index in [1.165, 1.54) is 24.3 Å². The summed E-state index contributed by atoms with van der Waals surface area (Å²) in [6.45, 7) is 2.09. The summed E-state index contributed by atoms with van der Waals surface area (Å²) in [5.41, 5.74) is 2.44. The number of rotatable bonds is 8. The van der Waals surface area contributed by atoms with E-state index >= 15 is 0 Å². The highest BCUT2D eigenvalue weighted by atomic mass is 16.6. The summed E-state index contributed by atoms with van der Waals surface area (Å²) in [4.78, 5) is 10.2. The number of hydrogen-bond donors (Lipinski definition) is 3. The first kappa shape index (κ1) is 18.9. The number of non-ortho nitro benzene ring substituents is 1. The van der Waals surface area contributed by atoms with Crippen LogP contribution in [0.4, 0.5) is 5.69 Å². The molecular weight excluding hydrogens is 324 g/mol. The summed E-state index contributed by atoms with van der Waals surface area (Å²) in [6, 6.07) is 10.8. The van der Waals surface area contributed by atoms with Gasteiger partial charge in [-0.1, -0.05) is 17.7 Å². The molecule has 2 aromatic carbocycles. The zero-order valence-electron chi connectivity index (χ0n) is 14.2. The topological polar surface area (TPSA) is 105 Å². The van der Waals surface area contributed by atoms with Gasteiger partial charge in [0.15, 0.2) is 0 Å². The molecule has 0 aliphatic carbocycles. The first-order valence-corrected chi connectivity index (χ1v) is 7.86. The molecule has 3 N–H and O–H groups in total. The van der Waals surface area contributed by atoms with E-state index in [9.17, 15) is 20.3 Å². The third-order valence-electron chi connectivity index (χ3n) is 4.01. The molecule has 0 heterocycles. The van der Waals surface area contributed by atoms with Crippen LogP contribution in [0, 0.1) is 17.0 Å². The molecule has 2 aromatic rings. The average molecular weight is 346 g/mol. The van der Waals surface area contributed by atoms with Crippen molar-refractivity contribution < 1.29 is 19.9 Å². The lowest BCUT2D eigenvalue weighted by Gasteiger charge is -2.23. The van der Waals surface area contributed by atoms with Crippen LogP contribution in [0.15, 0.2) is 42.5 Å². The molecule has 7 nitrogen and oxygen atoms in total. The van der Waals surface area contributed by atoms with Gasteiger partial charge in [0.1, 0.15) is 5.75 Å². The Morgan fingerprint density at radius 3 is 2.48 bits per heavy atom. The standard InChI is InChI=1S/C18H22N2O5/c1-12-3-8-17(25-2)14(9-12)10-19-16(11-21)18(22)13-4-6-15(7-5-13)20(23)24/h3-9,16,18-19,21-22H,10-11H2,1-2H3/t16-,18+/m1/s1. The molecule has 0 fully saturated rings. The zero-order chi connectivity index (χ0) is 18.4. The molecule has 0 radical (unpaired) electrons. The van der Waals surface area contributed by atoms with Gasteiger partial charge in [0.2, 0.25) is 0 Å². The number of nitro groups is 1. The summed E-state index contributed by atoms with van der Waals surface area (Å²) in [7, 11) is 1.59. The number of benzene rings is 2. The Hall–Kier alpha value is -2.48.